The highest BCUT2D eigenvalue weighted by molar-refractivity contribution is 5.91. The van der Waals surface area contributed by atoms with Crippen LogP contribution < -0.4 is 0 Å². The third-order valence-electron chi connectivity index (χ3n) is 2.70. The Labute approximate surface area is 107 Å². The number of hydrogen-bond donors (Lipinski definition) is 3. The van der Waals surface area contributed by atoms with Crippen LogP contribution in [0.4, 0.5) is 0 Å². The molecule has 0 aliphatic rings. The number of nitrogens with zero attached hydrogens (tertiary/aromatic N) is 2. The first kappa shape index (κ1) is 11.2. The average Bonchev–Trinajstić information content (AvgIpc) is 2.81. The van der Waals surface area contributed by atoms with Crippen LogP contribution in [0.1, 0.15) is 10.4 Å². The number of imidazole rings is 1. The molecule has 1 aromatic carbocycles. The van der Waals surface area contributed by atoms with Crippen molar-refractivity contribution < 1.29 is 15.0 Å². The third-order valence-corrected chi connectivity index (χ3v) is 2.70. The van der Waals surface area contributed by atoms with Crippen LogP contribution in [0.5, 0.6) is 5.75 Å². The van der Waals surface area contributed by atoms with Gasteiger partial charge in [0.1, 0.15) is 11.6 Å². The molecule has 2 heterocycles. The lowest BCUT2D eigenvalue weighted by molar-refractivity contribution is 0.0696. The second-order valence-electron chi connectivity index (χ2n) is 4.04. The van der Waals surface area contributed by atoms with Gasteiger partial charge in [0.05, 0.1) is 11.1 Å². The molecule has 0 bridgehead atoms. The fraction of sp³-hybridized carbons (Fsp3) is 0. The Kier molecular flexibility index (Phi) is 2.42. The normalized spacial score (nSPS) is 10.7. The van der Waals surface area contributed by atoms with Crippen LogP contribution >= 0.6 is 0 Å². The number of phenolic OH excluding ortho intramolecular Hbond substituents is 1. The standard InChI is InChI=1S/C13H9N3O3/c17-9-3-1-2-7(4-9)11-15-10-5-8(13(18)19)6-14-12(10)16-11/h1-6,17H,(H,18,19)(H,14,15,16). The predicted molar refractivity (Wildman–Crippen MR) is 67.9 cm³/mol. The minimum absolute atomic E-state index is 0.0959. The molecule has 6 nitrogen and oxygen atoms in total. The quantitative estimate of drug-likeness (QED) is 0.650. The van der Waals surface area contributed by atoms with Gasteiger partial charge in [-0.3, -0.25) is 0 Å². The summed E-state index contributed by atoms with van der Waals surface area (Å²) >= 11 is 0. The first-order chi connectivity index (χ1) is 9.13. The fourth-order valence-electron chi connectivity index (χ4n) is 1.81. The minimum atomic E-state index is -1.04. The van der Waals surface area contributed by atoms with Crippen molar-refractivity contribution in [3.63, 3.8) is 0 Å². The average molecular weight is 255 g/mol. The molecule has 2 aromatic heterocycles. The Morgan fingerprint density at radius 1 is 1.26 bits per heavy atom. The SMILES string of the molecule is O=C(O)c1cnc2nc(-c3cccc(O)c3)[nH]c2c1. The second kappa shape index (κ2) is 4.09. The molecule has 0 saturated carbocycles. The van der Waals surface area contributed by atoms with E-state index in [9.17, 15) is 9.90 Å². The van der Waals surface area contributed by atoms with Gasteiger partial charge in [-0.1, -0.05) is 12.1 Å². The van der Waals surface area contributed by atoms with E-state index in [0.717, 1.165) is 0 Å². The Morgan fingerprint density at radius 3 is 2.84 bits per heavy atom. The van der Waals surface area contributed by atoms with Crippen molar-refractivity contribution in [2.75, 3.05) is 0 Å². The number of H-pyrrole nitrogens is 1. The molecule has 6 heteroatoms. The molecule has 3 aromatic rings. The molecule has 94 valence electrons. The van der Waals surface area contributed by atoms with Crippen molar-refractivity contribution in [1.82, 2.24) is 15.0 Å². The van der Waals surface area contributed by atoms with E-state index in [4.69, 9.17) is 5.11 Å². The number of hydrogen-bond acceptors (Lipinski definition) is 4. The van der Waals surface area contributed by atoms with Gasteiger partial charge in [0.25, 0.3) is 0 Å². The van der Waals surface area contributed by atoms with Gasteiger partial charge >= 0.3 is 5.97 Å². The zero-order valence-electron chi connectivity index (χ0n) is 9.66. The zero-order valence-corrected chi connectivity index (χ0v) is 9.66. The van der Waals surface area contributed by atoms with E-state index in [1.165, 1.54) is 12.3 Å². The van der Waals surface area contributed by atoms with E-state index in [-0.39, 0.29) is 11.3 Å². The number of rotatable bonds is 2. The van der Waals surface area contributed by atoms with E-state index in [1.807, 2.05) is 0 Å². The number of carboxylic acid groups (broad SMARTS) is 1. The molecule has 0 spiro atoms. The summed E-state index contributed by atoms with van der Waals surface area (Å²) in [4.78, 5) is 22.1. The highest BCUT2D eigenvalue weighted by Crippen LogP contribution is 2.22. The van der Waals surface area contributed by atoms with Crippen LogP contribution in [0.25, 0.3) is 22.6 Å². The number of pyridine rings is 1. The molecule has 0 atom stereocenters. The van der Waals surface area contributed by atoms with Gasteiger partial charge in [0.2, 0.25) is 0 Å². The highest BCUT2D eigenvalue weighted by Gasteiger charge is 2.10. The molecule has 19 heavy (non-hydrogen) atoms. The number of carbonyl (C=O) groups is 1. The third kappa shape index (κ3) is 1.99. The molecular formula is C13H9N3O3. The van der Waals surface area contributed by atoms with Crippen molar-refractivity contribution in [1.29, 1.82) is 0 Å². The molecule has 0 aliphatic heterocycles. The minimum Gasteiger partial charge on any atom is -0.508 e. The van der Waals surface area contributed by atoms with Crippen LogP contribution in [-0.2, 0) is 0 Å². The summed E-state index contributed by atoms with van der Waals surface area (Å²) in [6.45, 7) is 0. The number of benzene rings is 1. The van der Waals surface area contributed by atoms with E-state index in [2.05, 4.69) is 15.0 Å². The van der Waals surface area contributed by atoms with Crippen molar-refractivity contribution >= 4 is 17.1 Å². The van der Waals surface area contributed by atoms with Gasteiger partial charge in [-0.15, -0.1) is 0 Å². The van der Waals surface area contributed by atoms with Gasteiger partial charge in [-0.25, -0.2) is 14.8 Å². The number of aromatic nitrogens is 3. The molecule has 0 radical (unpaired) electrons. The summed E-state index contributed by atoms with van der Waals surface area (Å²) in [7, 11) is 0. The highest BCUT2D eigenvalue weighted by atomic mass is 16.4. The second-order valence-corrected chi connectivity index (χ2v) is 4.04. The lowest BCUT2D eigenvalue weighted by Gasteiger charge is -1.96. The first-order valence-corrected chi connectivity index (χ1v) is 5.52. The van der Waals surface area contributed by atoms with Crippen molar-refractivity contribution in [3.8, 4) is 17.1 Å². The molecule has 0 unspecified atom stereocenters. The summed E-state index contributed by atoms with van der Waals surface area (Å²) in [5.41, 5.74) is 1.77. The van der Waals surface area contributed by atoms with Crippen molar-refractivity contribution in [2.24, 2.45) is 0 Å². The Bertz CT molecular complexity index is 780. The first-order valence-electron chi connectivity index (χ1n) is 5.52. The Morgan fingerprint density at radius 2 is 2.11 bits per heavy atom. The van der Waals surface area contributed by atoms with Gasteiger partial charge in [-0.2, -0.15) is 0 Å². The van der Waals surface area contributed by atoms with Crippen LogP contribution in [0.15, 0.2) is 36.5 Å². The molecule has 3 rings (SSSR count). The van der Waals surface area contributed by atoms with E-state index < -0.39 is 5.97 Å². The smallest absolute Gasteiger partial charge is 0.337 e. The predicted octanol–water partition coefficient (Wildman–Crippen LogP) is 2.03. The van der Waals surface area contributed by atoms with Crippen molar-refractivity contribution in [2.45, 2.75) is 0 Å². The number of nitrogens with one attached hydrogen (secondary N) is 1. The summed E-state index contributed by atoms with van der Waals surface area (Å²) < 4.78 is 0. The van der Waals surface area contributed by atoms with Crippen LogP contribution in [0.2, 0.25) is 0 Å². The van der Waals surface area contributed by atoms with E-state index >= 15 is 0 Å². The maximum absolute atomic E-state index is 10.9. The number of aromatic hydroxyl groups is 1. The maximum atomic E-state index is 10.9. The summed E-state index contributed by atoms with van der Waals surface area (Å²) in [6, 6.07) is 8.09. The lowest BCUT2D eigenvalue weighted by Crippen LogP contribution is -1.96. The van der Waals surface area contributed by atoms with Crippen LogP contribution in [-0.4, -0.2) is 31.1 Å². The summed E-state index contributed by atoms with van der Waals surface area (Å²) in [5, 5.41) is 18.3. The summed E-state index contributed by atoms with van der Waals surface area (Å²) in [5.74, 6) is -0.374. The van der Waals surface area contributed by atoms with E-state index in [1.54, 1.807) is 24.3 Å². The number of aromatic carboxylic acids is 1. The lowest BCUT2D eigenvalue weighted by atomic mass is 10.2. The van der Waals surface area contributed by atoms with Gasteiger partial charge in [0, 0.05) is 11.8 Å². The fourth-order valence-corrected chi connectivity index (χ4v) is 1.81. The monoisotopic (exact) mass is 255 g/mol. The van der Waals surface area contributed by atoms with E-state index in [0.29, 0.717) is 22.6 Å². The Balaban J connectivity index is 2.14. The summed E-state index contributed by atoms with van der Waals surface area (Å²) in [6.07, 6.45) is 1.26. The topological polar surface area (TPSA) is 99.1 Å². The molecule has 0 fully saturated rings. The molecule has 0 saturated heterocycles. The van der Waals surface area contributed by atoms with Gasteiger partial charge in [-0.05, 0) is 18.2 Å². The number of phenols is 1. The van der Waals surface area contributed by atoms with Gasteiger partial charge in [0.15, 0.2) is 5.65 Å². The van der Waals surface area contributed by atoms with Crippen LogP contribution in [0.3, 0.4) is 0 Å². The largest absolute Gasteiger partial charge is 0.508 e. The van der Waals surface area contributed by atoms with Gasteiger partial charge < -0.3 is 15.2 Å². The number of aromatic amines is 1. The number of carboxylic acids is 1. The molecular weight excluding hydrogens is 246 g/mol. The van der Waals surface area contributed by atoms with Crippen LogP contribution in [0, 0.1) is 0 Å². The Hall–Kier alpha value is -2.89. The molecule has 3 N–H and O–H groups in total. The zero-order chi connectivity index (χ0) is 13.4. The van der Waals surface area contributed by atoms with Crippen molar-refractivity contribution in [3.05, 3.63) is 42.1 Å². The molecule has 0 aliphatic carbocycles. The maximum Gasteiger partial charge on any atom is 0.337 e. The number of fused-ring (bicyclic) bond motifs is 1. The molecule has 0 amide bonds.